The van der Waals surface area contributed by atoms with Crippen molar-refractivity contribution in [2.24, 2.45) is 0 Å². The lowest BCUT2D eigenvalue weighted by Gasteiger charge is -2.31. The lowest BCUT2D eigenvalue weighted by atomic mass is 9.86. The quantitative estimate of drug-likeness (QED) is 0.0339. The van der Waals surface area contributed by atoms with Gasteiger partial charge in [0.2, 0.25) is 29.5 Å². The van der Waals surface area contributed by atoms with Crippen LogP contribution in [0.4, 0.5) is 10.2 Å². The van der Waals surface area contributed by atoms with E-state index in [4.69, 9.17) is 9.72 Å². The first kappa shape index (κ1) is 53.5. The Kier molecular flexibility index (Phi) is 15.7. The summed E-state index contributed by atoms with van der Waals surface area (Å²) >= 11 is 0. The lowest BCUT2D eigenvalue weighted by Crippen LogP contribution is -2.52. The highest BCUT2D eigenvalue weighted by Crippen LogP contribution is 2.41. The molecule has 24 heteroatoms. The number of benzene rings is 2. The molecule has 7 amide bonds. The number of fused-ring (bicyclic) bond motifs is 5. The molecule has 78 heavy (non-hydrogen) atoms. The number of hydrogen-bond acceptors (Lipinski definition) is 15. The molecule has 0 unspecified atom stereocenters. The topological polar surface area (TPSA) is 308 Å². The number of nitrogens with one attached hydrogen (secondary N) is 5. The molecule has 0 saturated heterocycles. The maximum absolute atomic E-state index is 15.1. The van der Waals surface area contributed by atoms with E-state index in [1.165, 1.54) is 35.0 Å². The Balaban J connectivity index is 0.782. The van der Waals surface area contributed by atoms with Crippen molar-refractivity contribution in [2.75, 3.05) is 31.5 Å². The Morgan fingerprint density at radius 3 is 2.35 bits per heavy atom. The fourth-order valence-electron chi connectivity index (χ4n) is 9.44. The van der Waals surface area contributed by atoms with Crippen LogP contribution in [0, 0.1) is 12.7 Å². The van der Waals surface area contributed by atoms with Crippen LogP contribution in [0.15, 0.2) is 90.0 Å². The summed E-state index contributed by atoms with van der Waals surface area (Å²) in [6, 6.07) is 15.5. The van der Waals surface area contributed by atoms with Crippen molar-refractivity contribution in [3.8, 4) is 22.6 Å². The number of carbonyl (C=O) groups excluding carboxylic acids is 8. The Bertz CT molecular complexity index is 3490. The summed E-state index contributed by atoms with van der Waals surface area (Å²) in [6.45, 7) is 2.05. The normalized spacial score (nSPS) is 15.5. The molecule has 0 bridgehead atoms. The number of carbonyl (C=O) groups is 8. The number of imide groups is 1. The van der Waals surface area contributed by atoms with Gasteiger partial charge in [-0.2, -0.15) is 0 Å². The van der Waals surface area contributed by atoms with Crippen LogP contribution < -0.4 is 32.1 Å². The van der Waals surface area contributed by atoms with Crippen molar-refractivity contribution in [1.29, 1.82) is 0 Å². The molecule has 7 heterocycles. The zero-order valence-corrected chi connectivity index (χ0v) is 42.4. The van der Waals surface area contributed by atoms with E-state index in [1.807, 2.05) is 0 Å². The van der Waals surface area contributed by atoms with Crippen molar-refractivity contribution >= 4 is 64.0 Å². The molecular weight excluding hydrogens is 1010 g/mol. The third-order valence-corrected chi connectivity index (χ3v) is 13.7. The van der Waals surface area contributed by atoms with Crippen LogP contribution in [0.25, 0.3) is 33.5 Å². The number of amides is 7. The summed E-state index contributed by atoms with van der Waals surface area (Å²) in [7, 11) is 0. The second-order valence-electron chi connectivity index (χ2n) is 19.0. The number of aromatic nitrogens is 6. The van der Waals surface area contributed by atoms with E-state index in [0.29, 0.717) is 75.1 Å². The number of cyclic esters (lactones) is 1. The van der Waals surface area contributed by atoms with Crippen LogP contribution in [0.2, 0.25) is 0 Å². The Hall–Kier alpha value is -9.32. The zero-order valence-electron chi connectivity index (χ0n) is 42.4. The number of ether oxygens (including phenoxy) is 1. The minimum Gasteiger partial charge on any atom is -0.458 e. The van der Waals surface area contributed by atoms with Gasteiger partial charge in [0.25, 0.3) is 17.4 Å². The molecule has 6 aromatic rings. The second kappa shape index (κ2) is 22.9. The van der Waals surface area contributed by atoms with E-state index in [0.717, 1.165) is 4.90 Å². The predicted molar refractivity (Wildman–Crippen MR) is 276 cm³/mol. The third kappa shape index (κ3) is 11.6. The van der Waals surface area contributed by atoms with Crippen LogP contribution in [-0.4, -0.2) is 119 Å². The molecule has 0 fully saturated rings. The van der Waals surface area contributed by atoms with E-state index in [-0.39, 0.29) is 74.3 Å². The van der Waals surface area contributed by atoms with Gasteiger partial charge >= 0.3 is 5.97 Å². The van der Waals surface area contributed by atoms with Crippen LogP contribution in [0.5, 0.6) is 0 Å². The van der Waals surface area contributed by atoms with Crippen molar-refractivity contribution in [3.63, 3.8) is 0 Å². The van der Waals surface area contributed by atoms with E-state index in [2.05, 4.69) is 41.9 Å². The molecule has 3 aliphatic heterocycles. The molecule has 9 rings (SSSR count). The maximum atomic E-state index is 15.1. The first-order valence-electron chi connectivity index (χ1n) is 25.1. The van der Waals surface area contributed by atoms with Gasteiger partial charge in [-0.05, 0) is 67.1 Å². The molecule has 4 aromatic heterocycles. The highest BCUT2D eigenvalue weighted by molar-refractivity contribution is 6.12. The van der Waals surface area contributed by atoms with Crippen molar-refractivity contribution in [1.82, 2.24) is 55.7 Å². The van der Waals surface area contributed by atoms with Gasteiger partial charge in [-0.1, -0.05) is 48.9 Å². The molecule has 6 N–H and O–H groups in total. The number of aryl methyl sites for hydroxylation is 1. The largest absolute Gasteiger partial charge is 0.458 e. The first-order chi connectivity index (χ1) is 37.5. The maximum Gasteiger partial charge on any atom is 0.343 e. The summed E-state index contributed by atoms with van der Waals surface area (Å²) in [5, 5.41) is 33.3. The van der Waals surface area contributed by atoms with Gasteiger partial charge in [-0.15, -0.1) is 5.10 Å². The molecule has 0 spiro atoms. The summed E-state index contributed by atoms with van der Waals surface area (Å²) in [6.07, 6.45) is 7.28. The standard InChI is InChI=1S/C54H53FN12O11/c1-3-54(77)37-20-42-50-35(27-67(42)52(75)36(37)29-78-53(54)76)34(33-18-30(2)38(55)21-39(33)61-50)26-65-28-41(63-64-65)32-13-14-43(56-22-32)62-47(71)25-59-51(74)40(19-31-10-6-4-7-11-31)60-46(70)24-58-45(69)23-57-44(68)12-8-5-9-17-66-48(72)15-16-49(66)73/h4,6-7,10-11,13-16,18,20-22,28,40,77H,3,5,8-9,12,17,19,23-27,29H2,1-2H3,(H,57,68)(H,58,69)(H,59,74)(H,60,70)(H,56,62,71)/t40-,54+/m1/s1. The number of hydrogen-bond donors (Lipinski definition) is 6. The minimum absolute atomic E-state index is 0.0289. The van der Waals surface area contributed by atoms with Crippen molar-refractivity contribution in [2.45, 2.75) is 83.7 Å². The second-order valence-corrected chi connectivity index (χ2v) is 19.0. The molecule has 0 saturated carbocycles. The molecule has 3 aliphatic rings. The van der Waals surface area contributed by atoms with Gasteiger partial charge in [-0.25, -0.2) is 23.8 Å². The number of pyridine rings is 3. The van der Waals surface area contributed by atoms with Crippen LogP contribution in [0.3, 0.4) is 0 Å². The molecule has 23 nitrogen and oxygen atoms in total. The zero-order chi connectivity index (χ0) is 55.3. The molecular formula is C54H53FN12O11. The van der Waals surface area contributed by atoms with E-state index in [9.17, 15) is 48.3 Å². The van der Waals surface area contributed by atoms with E-state index >= 15 is 4.39 Å². The summed E-state index contributed by atoms with van der Waals surface area (Å²) in [5.74, 6) is -4.94. The Morgan fingerprint density at radius 1 is 0.859 bits per heavy atom. The molecule has 2 atom stereocenters. The molecule has 2 aromatic carbocycles. The molecule has 0 radical (unpaired) electrons. The average Bonchev–Trinajstić information content (AvgIpc) is 4.35. The van der Waals surface area contributed by atoms with E-state index < -0.39 is 78.2 Å². The van der Waals surface area contributed by atoms with Crippen molar-refractivity contribution < 1.29 is 52.6 Å². The summed E-state index contributed by atoms with van der Waals surface area (Å²) < 4.78 is 23.4. The van der Waals surface area contributed by atoms with Gasteiger partial charge in [0.1, 0.15) is 30.0 Å². The fourth-order valence-corrected chi connectivity index (χ4v) is 9.44. The average molecular weight is 1070 g/mol. The number of unbranched alkanes of at least 4 members (excludes halogenated alkanes) is 2. The SMILES string of the molecule is CC[C@@]1(O)C(=O)OCc2c1cc1n(c2=O)Cc2c-1nc1cc(F)c(C)cc1c2Cn1cc(-c2ccc(NC(=O)CNC(=O)[C@@H](Cc3ccccc3)NC(=O)CNC(=O)CNC(=O)CCCCCN3C(=O)C=CC3=O)nc2)nn1. The Morgan fingerprint density at radius 2 is 1.60 bits per heavy atom. The van der Waals surface area contributed by atoms with Crippen LogP contribution in [-0.2, 0) is 74.8 Å². The number of esters is 1. The summed E-state index contributed by atoms with van der Waals surface area (Å²) in [4.78, 5) is 124. The number of rotatable bonds is 21. The van der Waals surface area contributed by atoms with E-state index in [1.54, 1.807) is 73.3 Å². The predicted octanol–water partition coefficient (Wildman–Crippen LogP) is 1.73. The van der Waals surface area contributed by atoms with Gasteiger partial charge in [-0.3, -0.25) is 43.3 Å². The fraction of sp³-hybridized carbons (Fsp3) is 0.315. The third-order valence-electron chi connectivity index (χ3n) is 13.7. The number of anilines is 1. The lowest BCUT2D eigenvalue weighted by molar-refractivity contribution is -0.172. The number of halogens is 1. The monoisotopic (exact) mass is 1060 g/mol. The first-order valence-corrected chi connectivity index (χ1v) is 25.1. The minimum atomic E-state index is -2.03. The number of aliphatic hydroxyl groups is 1. The van der Waals surface area contributed by atoms with Gasteiger partial charge in [0.15, 0.2) is 5.60 Å². The van der Waals surface area contributed by atoms with Crippen molar-refractivity contribution in [3.05, 3.63) is 135 Å². The number of nitrogens with zero attached hydrogens (tertiary/aromatic N) is 7. The highest BCUT2D eigenvalue weighted by atomic mass is 19.1. The summed E-state index contributed by atoms with van der Waals surface area (Å²) in [5.41, 5.74) is 2.36. The van der Waals surface area contributed by atoms with Crippen LogP contribution in [0.1, 0.15) is 72.4 Å². The van der Waals surface area contributed by atoms with Gasteiger partial charge in [0, 0.05) is 65.9 Å². The highest BCUT2D eigenvalue weighted by Gasteiger charge is 2.45. The van der Waals surface area contributed by atoms with Crippen LogP contribution >= 0.6 is 0 Å². The smallest absolute Gasteiger partial charge is 0.343 e. The van der Waals surface area contributed by atoms with Gasteiger partial charge < -0.3 is 41.0 Å². The Labute approximate surface area is 443 Å². The van der Waals surface area contributed by atoms with Gasteiger partial charge in [0.05, 0.1) is 61.4 Å². The molecule has 0 aliphatic carbocycles. The molecule has 402 valence electrons.